The summed E-state index contributed by atoms with van der Waals surface area (Å²) in [5.74, 6) is -13.0. The molecule has 0 spiro atoms. The number of ketones is 13. The largest absolute Gasteiger partial charge is 0.459 e. The van der Waals surface area contributed by atoms with Crippen LogP contribution in [-0.2, 0) is 105 Å². The monoisotopic (exact) mass is 1530 g/mol. The molecule has 7 N–H and O–H groups in total. The third-order valence-electron chi connectivity index (χ3n) is 18.2. The smallest absolute Gasteiger partial charge is 0.323 e. The van der Waals surface area contributed by atoms with Crippen LogP contribution in [0.15, 0.2) is 0 Å². The van der Waals surface area contributed by atoms with E-state index in [4.69, 9.17) is 27.5 Å². The fourth-order valence-electron chi connectivity index (χ4n) is 11.4. The Balaban J connectivity index is 7.09. The summed E-state index contributed by atoms with van der Waals surface area (Å²) in [6, 6.07) is -6.39. The molecule has 30 heteroatoms. The van der Waals surface area contributed by atoms with Crippen molar-refractivity contribution in [3.05, 3.63) is 0 Å². The van der Waals surface area contributed by atoms with E-state index in [9.17, 15) is 91.1 Å². The van der Waals surface area contributed by atoms with Gasteiger partial charge in [-0.3, -0.25) is 91.1 Å². The summed E-state index contributed by atoms with van der Waals surface area (Å²) >= 11 is 0. The van der Waals surface area contributed by atoms with Gasteiger partial charge in [0.15, 0.2) is 23.1 Å². The number of Topliss-reactive ketones (excluding diaryl/α,β-unsaturated/α-hetero) is 13. The van der Waals surface area contributed by atoms with Crippen LogP contribution in [0.3, 0.4) is 0 Å². The normalized spacial score (nSPS) is 14.1. The summed E-state index contributed by atoms with van der Waals surface area (Å²) in [5.41, 5.74) is 5.18. The molecule has 107 heavy (non-hydrogen) atoms. The quantitative estimate of drug-likeness (QED) is 0.0160. The lowest BCUT2D eigenvalue weighted by Crippen LogP contribution is -2.53. The van der Waals surface area contributed by atoms with Gasteiger partial charge in [0.1, 0.15) is 83.9 Å². The highest BCUT2D eigenvalue weighted by molar-refractivity contribution is 7.82. The second-order valence-electron chi connectivity index (χ2n) is 28.3. The lowest BCUT2D eigenvalue weighted by Gasteiger charge is -2.25. The summed E-state index contributed by atoms with van der Waals surface area (Å²) in [6.45, 7) is 18.8. The molecule has 10 unspecified atom stereocenters. The van der Waals surface area contributed by atoms with Gasteiger partial charge in [0, 0.05) is 171 Å². The van der Waals surface area contributed by atoms with Crippen LogP contribution < -0.4 is 32.3 Å². The van der Waals surface area contributed by atoms with Crippen molar-refractivity contribution in [2.45, 2.75) is 305 Å². The van der Waals surface area contributed by atoms with Gasteiger partial charge in [-0.15, -0.1) is 0 Å². The third-order valence-corrected chi connectivity index (χ3v) is 19.0. The molecule has 0 fully saturated rings. The van der Waals surface area contributed by atoms with E-state index < -0.39 is 171 Å². The van der Waals surface area contributed by atoms with Crippen LogP contribution in [0.2, 0.25) is 0 Å². The maximum atomic E-state index is 14.8. The van der Waals surface area contributed by atoms with Crippen molar-refractivity contribution in [3.63, 3.8) is 0 Å². The van der Waals surface area contributed by atoms with E-state index in [1.807, 2.05) is 0 Å². The Morgan fingerprint density at radius 2 is 0.729 bits per heavy atom. The van der Waals surface area contributed by atoms with Crippen LogP contribution >= 0.6 is 7.80 Å². The molecule has 10 atom stereocenters. The Morgan fingerprint density at radius 3 is 1.20 bits per heavy atom. The third kappa shape index (κ3) is 46.1. The van der Waals surface area contributed by atoms with Crippen LogP contribution in [0, 0.1) is 23.7 Å². The van der Waals surface area contributed by atoms with Gasteiger partial charge in [-0.25, -0.2) is 0 Å². The number of hydrogen-bond donors (Lipinski definition) is 6. The molecule has 0 saturated carbocycles. The zero-order valence-corrected chi connectivity index (χ0v) is 66.6. The van der Waals surface area contributed by atoms with Gasteiger partial charge in [-0.05, 0) is 78.6 Å². The highest BCUT2D eigenvalue weighted by Crippen LogP contribution is 2.28. The van der Waals surface area contributed by atoms with E-state index in [1.165, 1.54) is 0 Å². The Labute approximate surface area is 635 Å². The molecule has 0 rings (SSSR count). The molecule has 28 nitrogen and oxygen atoms in total. The molecule has 602 valence electrons. The predicted octanol–water partition coefficient (Wildman–Crippen LogP) is 6.66. The van der Waals surface area contributed by atoms with E-state index >= 15 is 0 Å². The van der Waals surface area contributed by atoms with Gasteiger partial charge in [-0.2, -0.15) is 7.80 Å². The number of carbonyl (C=O) groups is 19. The summed E-state index contributed by atoms with van der Waals surface area (Å²) < 4.78 is 16.5. The van der Waals surface area contributed by atoms with Crippen LogP contribution in [0.25, 0.3) is 0 Å². The van der Waals surface area contributed by atoms with Crippen molar-refractivity contribution >= 4 is 126 Å². The van der Waals surface area contributed by atoms with Crippen molar-refractivity contribution < 1.29 is 105 Å². The zero-order valence-electron chi connectivity index (χ0n) is 65.7. The van der Waals surface area contributed by atoms with Gasteiger partial charge in [0.25, 0.3) is 0 Å². The molecule has 0 saturated heterocycles. The molecule has 0 aromatic rings. The van der Waals surface area contributed by atoms with Crippen molar-refractivity contribution in [2.75, 3.05) is 45.8 Å². The molecule has 0 bridgehead atoms. The van der Waals surface area contributed by atoms with Crippen LogP contribution in [0.4, 0.5) is 0 Å². The van der Waals surface area contributed by atoms with Crippen molar-refractivity contribution in [3.8, 4) is 0 Å². The van der Waals surface area contributed by atoms with Gasteiger partial charge in [-0.1, -0.05) is 62.1 Å². The molecule has 0 aliphatic rings. The van der Waals surface area contributed by atoms with E-state index in [1.54, 1.807) is 82.8 Å². The van der Waals surface area contributed by atoms with Crippen LogP contribution in [-0.4, -0.2) is 200 Å². The first kappa shape index (κ1) is 99.9. The first-order valence-electron chi connectivity index (χ1n) is 38.2. The molecule has 2 radical (unpaired) electrons. The second-order valence-corrected chi connectivity index (χ2v) is 30.1. The minimum Gasteiger partial charge on any atom is -0.459 e. The fourth-order valence-corrected chi connectivity index (χ4v) is 12.2. The molecule has 0 aliphatic carbocycles. The Hall–Kier alpha value is -7.10. The van der Waals surface area contributed by atoms with Crippen molar-refractivity contribution in [1.29, 1.82) is 0 Å². The van der Waals surface area contributed by atoms with Gasteiger partial charge < -0.3 is 46.5 Å². The molecular weight excluding hydrogens is 1400 g/mol. The Morgan fingerprint density at radius 1 is 0.364 bits per heavy atom. The maximum absolute atomic E-state index is 14.8. The average molecular weight is 1530 g/mol. The van der Waals surface area contributed by atoms with E-state index in [0.717, 1.165) is 0 Å². The summed E-state index contributed by atoms with van der Waals surface area (Å²) in [4.78, 5) is 252. The second kappa shape index (κ2) is 56.2. The minimum atomic E-state index is -1.64. The molecule has 0 heterocycles. The van der Waals surface area contributed by atoms with Crippen molar-refractivity contribution in [2.24, 2.45) is 29.4 Å². The lowest BCUT2D eigenvalue weighted by molar-refractivity contribution is -0.157. The van der Waals surface area contributed by atoms with Gasteiger partial charge in [0.05, 0.1) is 37.9 Å². The molecular formula is C77H124BN6O22P. The highest BCUT2D eigenvalue weighted by atomic mass is 31.1. The van der Waals surface area contributed by atoms with E-state index in [0.29, 0.717) is 0 Å². The van der Waals surface area contributed by atoms with Gasteiger partial charge >= 0.3 is 5.97 Å². The fraction of sp³-hybridized carbons (Fsp3) is 0.753. The van der Waals surface area contributed by atoms with E-state index in [-0.39, 0.29) is 239 Å². The topological polar surface area (TPSA) is 438 Å². The van der Waals surface area contributed by atoms with E-state index in [2.05, 4.69) is 26.6 Å². The van der Waals surface area contributed by atoms with Crippen molar-refractivity contribution in [1.82, 2.24) is 26.6 Å². The minimum absolute atomic E-state index is 0.000191. The summed E-state index contributed by atoms with van der Waals surface area (Å²) in [5, 5.41) is 13.1. The highest BCUT2D eigenvalue weighted by Gasteiger charge is 2.35. The number of hydrogen-bond acceptors (Lipinski definition) is 23. The Bertz CT molecular complexity index is 2990. The first-order valence-corrected chi connectivity index (χ1v) is 40.3. The number of rotatable bonds is 66. The van der Waals surface area contributed by atoms with Crippen LogP contribution in [0.1, 0.15) is 269 Å². The molecule has 0 aliphatic heterocycles. The number of esters is 1. The lowest BCUT2D eigenvalue weighted by atomic mass is 9.86. The average Bonchev–Trinajstić information content (AvgIpc) is 0.870. The van der Waals surface area contributed by atoms with Gasteiger partial charge in [0.2, 0.25) is 29.5 Å². The number of amides is 5. The van der Waals surface area contributed by atoms with Crippen LogP contribution in [0.5, 0.6) is 0 Å². The molecule has 0 aromatic carbocycles. The molecule has 0 aromatic heterocycles. The number of nitrogens with one attached hydrogen (secondary N) is 5. The number of carbonyl (C=O) groups excluding carboxylic acids is 19. The maximum Gasteiger partial charge on any atom is 0.323 e. The molecule has 5 amide bonds. The predicted molar refractivity (Wildman–Crippen MR) is 403 cm³/mol. The summed E-state index contributed by atoms with van der Waals surface area (Å²) in [6.07, 6.45) is -3.34. The first-order chi connectivity index (χ1) is 50.4. The Kier molecular flexibility index (Phi) is 52.5. The standard InChI is InChI=1S/C77H124BN6O22P/c1-13-53(85)25-21-49(65(92)17-5)43-58(90)30-34-63(69(96)46-51(66(93)18-6)22-26-54(86)14-2)82-72(99)37-24-52(74(101)84-64(75(102)83-62(68(95)20-8)33-29-56(88)16-4)35-38-73(100)81-61(67(94)19-7)32-28-55(87)15-3)45-59(91)47-105-42-41-104-40-39-80-71(98)36-23-50(70(97)48-107(12)78)44-57(89)27-31-60(79)76(103)106-77(9,10)11/h49-52,60-64H,13-48,79H2,1-12H3,(H,80,98)(H,81,100)(H,82,99)(H,83,102)(H,84,101). The number of nitrogens with two attached hydrogens (primary N) is 1. The SMILES string of the molecule is [B]P(C)CC(=O)C(CCC(=O)NCCOCCOCC(=O)CC(CCC(=O)NC(CCC(=O)CC(CCC(=O)CC)C(=O)CC)C(=O)CC(CCC(=O)CC)C(=O)CC)C(=O)NC(CCC(=O)NC(CCC(=O)CC)C(=O)CC)C(=O)NC(CCC(=O)CC)C(=O)CC)CC(=O)CCC(N)C(=O)OC(C)(C)C. The summed E-state index contributed by atoms with van der Waals surface area (Å²) in [7, 11) is 4.80. The number of ether oxygens (including phenoxy) is 3. The zero-order chi connectivity index (χ0) is 81.4.